The number of likely N-dealkylation sites (tertiary alicyclic amines) is 1. The molecule has 0 radical (unpaired) electrons. The normalized spacial score (nSPS) is 28.1. The molecular weight excluding hydrogens is 466 g/mol. The van der Waals surface area contributed by atoms with Gasteiger partial charge < -0.3 is 20.3 Å². The third kappa shape index (κ3) is 5.07. The zero-order chi connectivity index (χ0) is 24.8. The topological polar surface area (TPSA) is 94.9 Å². The highest BCUT2D eigenvalue weighted by molar-refractivity contribution is 6.32. The Labute approximate surface area is 211 Å². The van der Waals surface area contributed by atoms with E-state index in [-0.39, 0.29) is 23.8 Å². The molecule has 3 aliphatic rings. The van der Waals surface area contributed by atoms with E-state index in [4.69, 9.17) is 16.3 Å². The Bertz CT molecular complexity index is 1100. The summed E-state index contributed by atoms with van der Waals surface area (Å²) in [6.45, 7) is 6.47. The number of hydrogen-bond donors (Lipinski definition) is 3. The van der Waals surface area contributed by atoms with Gasteiger partial charge in [0.25, 0.3) is 0 Å². The molecule has 3 atom stereocenters. The number of nitrogens with one attached hydrogen (secondary N) is 1. The van der Waals surface area contributed by atoms with Crippen LogP contribution >= 0.6 is 11.6 Å². The van der Waals surface area contributed by atoms with E-state index in [2.05, 4.69) is 28.2 Å². The van der Waals surface area contributed by atoms with Crippen LogP contribution in [0.2, 0.25) is 5.02 Å². The molecule has 0 bridgehead atoms. The Morgan fingerprint density at radius 2 is 2.00 bits per heavy atom. The van der Waals surface area contributed by atoms with Crippen molar-refractivity contribution < 1.29 is 19.7 Å². The molecule has 2 saturated heterocycles. The van der Waals surface area contributed by atoms with Crippen LogP contribution in [-0.2, 0) is 16.0 Å². The van der Waals surface area contributed by atoms with E-state index in [0.717, 1.165) is 72.2 Å². The fourth-order valence-corrected chi connectivity index (χ4v) is 6.06. The van der Waals surface area contributed by atoms with Crippen molar-refractivity contribution in [3.63, 3.8) is 0 Å². The second kappa shape index (κ2) is 9.60. The van der Waals surface area contributed by atoms with Crippen LogP contribution in [0.3, 0.4) is 0 Å². The standard InChI is InChI=1S/C27H36ClN3O4/c1-26(16-35-15-24(26)32)31-8-6-17(7-9-31)22-11-19-10-21(29-14-20(19)12-23(22)28)13-27(2,34)30-25(33)18-4-3-5-18/h10-12,14,17-18,24,32,34H,3-9,13,15-16H2,1-2H3,(H,30,33). The summed E-state index contributed by atoms with van der Waals surface area (Å²) in [5.41, 5.74) is 0.195. The molecule has 7 nitrogen and oxygen atoms in total. The first-order valence-electron chi connectivity index (χ1n) is 12.8. The van der Waals surface area contributed by atoms with Crippen LogP contribution in [-0.4, -0.2) is 69.7 Å². The number of nitrogens with zero attached hydrogens (tertiary/aromatic N) is 2. The van der Waals surface area contributed by atoms with E-state index in [9.17, 15) is 15.0 Å². The van der Waals surface area contributed by atoms with Gasteiger partial charge in [0.15, 0.2) is 0 Å². The molecule has 0 spiro atoms. The van der Waals surface area contributed by atoms with Gasteiger partial charge in [0.05, 0.1) is 24.9 Å². The molecule has 1 amide bonds. The zero-order valence-corrected chi connectivity index (χ0v) is 21.4. The summed E-state index contributed by atoms with van der Waals surface area (Å²) >= 11 is 6.71. The molecule has 2 aliphatic heterocycles. The molecule has 5 rings (SSSR count). The fourth-order valence-electron chi connectivity index (χ4n) is 5.73. The Balaban J connectivity index is 1.29. The van der Waals surface area contributed by atoms with Crippen molar-refractivity contribution in [1.82, 2.24) is 15.2 Å². The van der Waals surface area contributed by atoms with Gasteiger partial charge in [-0.1, -0.05) is 18.0 Å². The van der Waals surface area contributed by atoms with Gasteiger partial charge in [0.1, 0.15) is 5.72 Å². The SMILES string of the molecule is CC(O)(Cc1cc2cc(C3CCN(C4(C)COCC4O)CC3)c(Cl)cc2cn1)NC(=O)C1CCC1. The number of aliphatic hydroxyl groups excluding tert-OH is 1. The van der Waals surface area contributed by atoms with Crippen LogP contribution in [0.25, 0.3) is 10.8 Å². The number of carbonyl (C=O) groups excluding carboxylic acids is 1. The van der Waals surface area contributed by atoms with Crippen molar-refractivity contribution in [1.29, 1.82) is 0 Å². The van der Waals surface area contributed by atoms with Crippen molar-refractivity contribution in [2.75, 3.05) is 26.3 Å². The molecular formula is C27H36ClN3O4. The smallest absolute Gasteiger partial charge is 0.225 e. The predicted molar refractivity (Wildman–Crippen MR) is 135 cm³/mol. The third-order valence-corrected chi connectivity index (χ3v) is 8.66. The van der Waals surface area contributed by atoms with Crippen LogP contribution in [0.5, 0.6) is 0 Å². The molecule has 8 heteroatoms. The lowest BCUT2D eigenvalue weighted by Gasteiger charge is -2.43. The van der Waals surface area contributed by atoms with E-state index < -0.39 is 11.8 Å². The number of piperidine rings is 1. The Morgan fingerprint density at radius 3 is 2.63 bits per heavy atom. The summed E-state index contributed by atoms with van der Waals surface area (Å²) in [5.74, 6) is 0.287. The summed E-state index contributed by atoms with van der Waals surface area (Å²) in [7, 11) is 0. The minimum atomic E-state index is -1.35. The summed E-state index contributed by atoms with van der Waals surface area (Å²) in [6.07, 6.45) is 6.37. The number of fused-ring (bicyclic) bond motifs is 1. The van der Waals surface area contributed by atoms with Crippen molar-refractivity contribution in [3.05, 3.63) is 40.7 Å². The molecule has 35 heavy (non-hydrogen) atoms. The number of carbonyl (C=O) groups is 1. The number of rotatable bonds is 6. The van der Waals surface area contributed by atoms with Crippen molar-refractivity contribution in [2.24, 2.45) is 5.92 Å². The number of amides is 1. The van der Waals surface area contributed by atoms with Crippen molar-refractivity contribution in [3.8, 4) is 0 Å². The second-order valence-electron chi connectivity index (χ2n) is 11.1. The molecule has 3 fully saturated rings. The average molecular weight is 502 g/mol. The van der Waals surface area contributed by atoms with Gasteiger partial charge in [-0.3, -0.25) is 14.7 Å². The molecule has 190 valence electrons. The Morgan fingerprint density at radius 1 is 1.26 bits per heavy atom. The molecule has 1 aliphatic carbocycles. The third-order valence-electron chi connectivity index (χ3n) is 8.33. The number of halogens is 1. The summed E-state index contributed by atoms with van der Waals surface area (Å²) in [5, 5.41) is 26.7. The number of aliphatic hydroxyl groups is 2. The number of hydrogen-bond acceptors (Lipinski definition) is 6. The molecule has 2 aromatic rings. The lowest BCUT2D eigenvalue weighted by atomic mass is 9.84. The van der Waals surface area contributed by atoms with Gasteiger partial charge in [-0.25, -0.2) is 0 Å². The van der Waals surface area contributed by atoms with E-state index in [1.807, 2.05) is 12.1 Å². The molecule has 1 aromatic heterocycles. The van der Waals surface area contributed by atoms with Gasteiger partial charge in [-0.05, 0) is 87.7 Å². The molecule has 1 saturated carbocycles. The predicted octanol–water partition coefficient (Wildman–Crippen LogP) is 3.38. The molecule has 3 N–H and O–H groups in total. The monoisotopic (exact) mass is 501 g/mol. The van der Waals surface area contributed by atoms with Gasteiger partial charge in [0, 0.05) is 34.6 Å². The summed E-state index contributed by atoms with van der Waals surface area (Å²) in [6, 6.07) is 6.11. The zero-order valence-electron chi connectivity index (χ0n) is 20.6. The van der Waals surface area contributed by atoms with Crippen LogP contribution in [0, 0.1) is 5.92 Å². The van der Waals surface area contributed by atoms with Crippen molar-refractivity contribution >= 4 is 28.3 Å². The molecule has 3 unspecified atom stereocenters. The van der Waals surface area contributed by atoms with E-state index in [1.54, 1.807) is 13.1 Å². The maximum absolute atomic E-state index is 12.3. The number of benzene rings is 1. The van der Waals surface area contributed by atoms with Gasteiger partial charge >= 0.3 is 0 Å². The Kier molecular flexibility index (Phi) is 6.83. The van der Waals surface area contributed by atoms with Gasteiger partial charge in [-0.15, -0.1) is 0 Å². The quantitative estimate of drug-likeness (QED) is 0.525. The first-order chi connectivity index (χ1) is 16.6. The minimum absolute atomic E-state index is 0.0224. The number of pyridine rings is 1. The average Bonchev–Trinajstić information content (AvgIpc) is 3.11. The lowest BCUT2D eigenvalue weighted by molar-refractivity contribution is -0.134. The van der Waals surface area contributed by atoms with E-state index in [0.29, 0.717) is 19.1 Å². The van der Waals surface area contributed by atoms with Crippen LogP contribution in [0.15, 0.2) is 24.4 Å². The Hall–Kier alpha value is -1.77. The lowest BCUT2D eigenvalue weighted by Crippen LogP contribution is -2.56. The largest absolute Gasteiger partial charge is 0.389 e. The summed E-state index contributed by atoms with van der Waals surface area (Å²) < 4.78 is 5.53. The minimum Gasteiger partial charge on any atom is -0.389 e. The van der Waals surface area contributed by atoms with Crippen LogP contribution in [0.4, 0.5) is 0 Å². The second-order valence-corrected chi connectivity index (χ2v) is 11.5. The number of ether oxygens (including phenoxy) is 1. The molecule has 3 heterocycles. The number of aromatic nitrogens is 1. The maximum atomic E-state index is 12.3. The van der Waals surface area contributed by atoms with Gasteiger partial charge in [-0.2, -0.15) is 0 Å². The maximum Gasteiger partial charge on any atom is 0.225 e. The van der Waals surface area contributed by atoms with Crippen LogP contribution < -0.4 is 5.32 Å². The molecule has 1 aromatic carbocycles. The first-order valence-corrected chi connectivity index (χ1v) is 13.2. The van der Waals surface area contributed by atoms with E-state index >= 15 is 0 Å². The van der Waals surface area contributed by atoms with E-state index in [1.165, 1.54) is 0 Å². The first kappa shape index (κ1) is 24.9. The van der Waals surface area contributed by atoms with Crippen LogP contribution in [0.1, 0.15) is 63.1 Å². The fraction of sp³-hybridized carbons (Fsp3) is 0.630. The van der Waals surface area contributed by atoms with Crippen molar-refractivity contribution in [2.45, 2.75) is 75.7 Å². The highest BCUT2D eigenvalue weighted by Crippen LogP contribution is 2.38. The summed E-state index contributed by atoms with van der Waals surface area (Å²) in [4.78, 5) is 19.2. The highest BCUT2D eigenvalue weighted by atomic mass is 35.5. The van der Waals surface area contributed by atoms with Gasteiger partial charge in [0.2, 0.25) is 5.91 Å². The highest BCUT2D eigenvalue weighted by Gasteiger charge is 2.45.